The summed E-state index contributed by atoms with van der Waals surface area (Å²) in [7, 11) is 1.58. The van der Waals surface area contributed by atoms with Crippen LogP contribution in [0.15, 0.2) is 18.2 Å². The van der Waals surface area contributed by atoms with Crippen LogP contribution in [0.4, 0.5) is 5.69 Å². The number of nitrogens with one attached hydrogen (secondary N) is 1. The van der Waals surface area contributed by atoms with E-state index < -0.39 is 0 Å². The van der Waals surface area contributed by atoms with E-state index in [-0.39, 0.29) is 10.6 Å². The van der Waals surface area contributed by atoms with Gasteiger partial charge in [-0.05, 0) is 25.3 Å². The summed E-state index contributed by atoms with van der Waals surface area (Å²) in [4.78, 5) is 10.5. The Balaban J connectivity index is 2.56. The van der Waals surface area contributed by atoms with Gasteiger partial charge in [0.05, 0.1) is 12.0 Å². The number of ether oxygens (including phenoxy) is 1. The highest BCUT2D eigenvalue weighted by Crippen LogP contribution is 2.24. The molecule has 0 aliphatic heterocycles. The topological polar surface area (TPSA) is 64.4 Å². The second-order valence-corrected chi connectivity index (χ2v) is 5.86. The molecule has 0 saturated carbocycles. The van der Waals surface area contributed by atoms with Gasteiger partial charge in [0.1, 0.15) is 5.75 Å². The smallest absolute Gasteiger partial charge is 0.270 e. The molecule has 5 heteroatoms. The lowest BCUT2D eigenvalue weighted by Gasteiger charge is -2.16. The van der Waals surface area contributed by atoms with Gasteiger partial charge in [0.15, 0.2) is 0 Å². The van der Waals surface area contributed by atoms with Crippen LogP contribution in [-0.4, -0.2) is 18.1 Å². The maximum atomic E-state index is 10.8. The predicted octanol–water partition coefficient (Wildman–Crippen LogP) is 3.91. The summed E-state index contributed by atoms with van der Waals surface area (Å²) in [6, 6.07) is 5.08. The number of nitro benzene ring substituents is 1. The Morgan fingerprint density at radius 3 is 2.57 bits per heavy atom. The van der Waals surface area contributed by atoms with Gasteiger partial charge in [0.25, 0.3) is 5.69 Å². The summed E-state index contributed by atoms with van der Waals surface area (Å²) >= 11 is 0. The lowest BCUT2D eigenvalue weighted by atomic mass is 10.0. The number of hydrogen-bond donors (Lipinski definition) is 1. The molecule has 1 rings (SSSR count). The number of rotatable bonds is 9. The third-order valence-corrected chi connectivity index (χ3v) is 3.53. The van der Waals surface area contributed by atoms with Crippen molar-refractivity contribution >= 4 is 5.69 Å². The number of nitrogens with zero attached hydrogens (tertiary/aromatic N) is 1. The predicted molar refractivity (Wildman–Crippen MR) is 84.6 cm³/mol. The van der Waals surface area contributed by atoms with Crippen molar-refractivity contribution < 1.29 is 9.66 Å². The van der Waals surface area contributed by atoms with E-state index in [0.29, 0.717) is 18.3 Å². The standard InChI is InChI=1S/C16H26N2O3/c1-12(2)6-5-7-13(3)17-11-14-10-15(18(19)20)8-9-16(14)21-4/h8-10,12-13,17H,5-7,11H2,1-4H3. The van der Waals surface area contributed by atoms with Crippen LogP contribution in [0, 0.1) is 16.0 Å². The fourth-order valence-electron chi connectivity index (χ4n) is 2.24. The first-order valence-corrected chi connectivity index (χ1v) is 7.48. The van der Waals surface area contributed by atoms with Crippen molar-refractivity contribution in [3.05, 3.63) is 33.9 Å². The molecule has 1 aromatic rings. The van der Waals surface area contributed by atoms with E-state index in [2.05, 4.69) is 26.1 Å². The van der Waals surface area contributed by atoms with Crippen LogP contribution < -0.4 is 10.1 Å². The number of hydrogen-bond acceptors (Lipinski definition) is 4. The van der Waals surface area contributed by atoms with Crippen molar-refractivity contribution in [1.29, 1.82) is 0 Å². The zero-order chi connectivity index (χ0) is 15.8. The molecule has 1 N–H and O–H groups in total. The molecule has 0 bridgehead atoms. The van der Waals surface area contributed by atoms with Gasteiger partial charge in [-0.2, -0.15) is 0 Å². The van der Waals surface area contributed by atoms with Crippen molar-refractivity contribution in [2.75, 3.05) is 7.11 Å². The van der Waals surface area contributed by atoms with Crippen LogP contribution in [-0.2, 0) is 6.54 Å². The minimum atomic E-state index is -0.380. The molecule has 118 valence electrons. The third kappa shape index (κ3) is 6.12. The maximum Gasteiger partial charge on any atom is 0.270 e. The SMILES string of the molecule is COc1ccc([N+](=O)[O-])cc1CNC(C)CCCC(C)C. The minimum Gasteiger partial charge on any atom is -0.496 e. The van der Waals surface area contributed by atoms with Crippen molar-refractivity contribution in [3.63, 3.8) is 0 Å². The second kappa shape index (κ2) is 8.62. The van der Waals surface area contributed by atoms with Crippen LogP contribution in [0.2, 0.25) is 0 Å². The van der Waals surface area contributed by atoms with Crippen molar-refractivity contribution in [1.82, 2.24) is 5.32 Å². The largest absolute Gasteiger partial charge is 0.496 e. The van der Waals surface area contributed by atoms with E-state index in [0.717, 1.165) is 17.9 Å². The van der Waals surface area contributed by atoms with E-state index in [1.54, 1.807) is 19.2 Å². The molecule has 5 nitrogen and oxygen atoms in total. The molecule has 0 saturated heterocycles. The van der Waals surface area contributed by atoms with Crippen LogP contribution in [0.5, 0.6) is 5.75 Å². The van der Waals surface area contributed by atoms with Gasteiger partial charge >= 0.3 is 0 Å². The van der Waals surface area contributed by atoms with E-state index >= 15 is 0 Å². The molecule has 0 spiro atoms. The quantitative estimate of drug-likeness (QED) is 0.554. The molecule has 0 radical (unpaired) electrons. The molecular weight excluding hydrogens is 268 g/mol. The zero-order valence-electron chi connectivity index (χ0n) is 13.4. The molecule has 1 atom stereocenters. The average Bonchev–Trinajstić information content (AvgIpc) is 2.44. The van der Waals surface area contributed by atoms with Crippen molar-refractivity contribution in [3.8, 4) is 5.75 Å². The fraction of sp³-hybridized carbons (Fsp3) is 0.625. The monoisotopic (exact) mass is 294 g/mol. The molecule has 1 aromatic carbocycles. The van der Waals surface area contributed by atoms with E-state index in [4.69, 9.17) is 4.74 Å². The highest BCUT2D eigenvalue weighted by molar-refractivity contribution is 5.43. The fourth-order valence-corrected chi connectivity index (χ4v) is 2.24. The first-order chi connectivity index (χ1) is 9.93. The van der Waals surface area contributed by atoms with Crippen LogP contribution in [0.1, 0.15) is 45.6 Å². The molecule has 1 unspecified atom stereocenters. The Kier molecular flexibility index (Phi) is 7.15. The van der Waals surface area contributed by atoms with Crippen molar-refractivity contribution in [2.45, 2.75) is 52.6 Å². The van der Waals surface area contributed by atoms with Crippen LogP contribution >= 0.6 is 0 Å². The maximum absolute atomic E-state index is 10.8. The highest BCUT2D eigenvalue weighted by atomic mass is 16.6. The first kappa shape index (κ1) is 17.4. The molecule has 0 aromatic heterocycles. The molecule has 0 aliphatic rings. The van der Waals surface area contributed by atoms with Crippen LogP contribution in [0.25, 0.3) is 0 Å². The van der Waals surface area contributed by atoms with Gasteiger partial charge in [-0.3, -0.25) is 10.1 Å². The van der Waals surface area contributed by atoms with Crippen LogP contribution in [0.3, 0.4) is 0 Å². The average molecular weight is 294 g/mol. The Bertz CT molecular complexity index is 461. The number of nitro groups is 1. The lowest BCUT2D eigenvalue weighted by molar-refractivity contribution is -0.384. The van der Waals surface area contributed by atoms with Gasteiger partial charge in [0.2, 0.25) is 0 Å². The summed E-state index contributed by atoms with van der Waals surface area (Å²) in [5.41, 5.74) is 0.919. The molecular formula is C16H26N2O3. The molecule has 0 amide bonds. The first-order valence-electron chi connectivity index (χ1n) is 7.48. The number of benzene rings is 1. The van der Waals surface area contributed by atoms with Gasteiger partial charge in [-0.1, -0.05) is 26.7 Å². The van der Waals surface area contributed by atoms with Gasteiger partial charge < -0.3 is 10.1 Å². The Hall–Kier alpha value is -1.62. The summed E-state index contributed by atoms with van der Waals surface area (Å²) < 4.78 is 5.26. The number of non-ortho nitro benzene ring substituents is 1. The summed E-state index contributed by atoms with van der Waals surface area (Å²) in [6.45, 7) is 7.18. The summed E-state index contributed by atoms with van der Waals surface area (Å²) in [5, 5.41) is 14.3. The number of methoxy groups -OCH3 is 1. The molecule has 0 aliphatic carbocycles. The third-order valence-electron chi connectivity index (χ3n) is 3.53. The van der Waals surface area contributed by atoms with E-state index in [1.165, 1.54) is 18.9 Å². The Morgan fingerprint density at radius 2 is 2.00 bits per heavy atom. The molecule has 0 fully saturated rings. The normalized spacial score (nSPS) is 12.4. The Labute approximate surface area is 126 Å². The van der Waals surface area contributed by atoms with E-state index in [1.807, 2.05) is 0 Å². The minimum absolute atomic E-state index is 0.0973. The molecule has 21 heavy (non-hydrogen) atoms. The van der Waals surface area contributed by atoms with Gasteiger partial charge in [0, 0.05) is 30.3 Å². The van der Waals surface area contributed by atoms with E-state index in [9.17, 15) is 10.1 Å². The zero-order valence-corrected chi connectivity index (χ0v) is 13.4. The lowest BCUT2D eigenvalue weighted by Crippen LogP contribution is -2.25. The van der Waals surface area contributed by atoms with Gasteiger partial charge in [-0.25, -0.2) is 0 Å². The van der Waals surface area contributed by atoms with Gasteiger partial charge in [-0.15, -0.1) is 0 Å². The highest BCUT2D eigenvalue weighted by Gasteiger charge is 2.12. The Morgan fingerprint density at radius 1 is 1.29 bits per heavy atom. The summed E-state index contributed by atoms with van der Waals surface area (Å²) in [5.74, 6) is 1.41. The molecule has 0 heterocycles. The second-order valence-electron chi connectivity index (χ2n) is 5.86. The van der Waals surface area contributed by atoms with Crippen molar-refractivity contribution in [2.24, 2.45) is 5.92 Å². The summed E-state index contributed by atoms with van der Waals surface area (Å²) in [6.07, 6.45) is 3.53.